The number of nitrogen functional groups attached to an aromatic ring is 1. The molecule has 0 saturated heterocycles. The lowest BCUT2D eigenvalue weighted by Crippen LogP contribution is -2.18. The number of aromatic nitrogens is 3. The predicted molar refractivity (Wildman–Crippen MR) is 122 cm³/mol. The number of H-pyrrole nitrogens is 1. The molecule has 4 aromatic rings. The topological polar surface area (TPSA) is 120 Å². The Balaban J connectivity index is 1.89. The average Bonchev–Trinajstić information content (AvgIpc) is 2.79. The Morgan fingerprint density at radius 3 is 2.68 bits per heavy atom. The summed E-state index contributed by atoms with van der Waals surface area (Å²) in [7, 11) is 0. The highest BCUT2D eigenvalue weighted by Crippen LogP contribution is 2.25. The number of rotatable bonds is 6. The average molecular weight is 410 g/mol. The molecule has 31 heavy (non-hydrogen) atoms. The number of hydrogen-bond acceptors (Lipinski definition) is 6. The molecule has 2 aromatic heterocycles. The van der Waals surface area contributed by atoms with Gasteiger partial charge >= 0.3 is 0 Å². The minimum Gasteiger partial charge on any atom is -0.382 e. The second-order valence-corrected chi connectivity index (χ2v) is 7.21. The standard InChI is InChI=1S/C24H22N6O/c1-2-7-15-10-6-11-19-20(15)22(31)18(21(30-19)16-8-4-3-5-9-16)13-27-24-17(12-25)23(26)28-14-29-24/h3-6,8-11,14H,2,7,13H2,1H3,(H,30,31)(H3,26,27,28,29). The van der Waals surface area contributed by atoms with Gasteiger partial charge in [-0.3, -0.25) is 4.79 Å². The van der Waals surface area contributed by atoms with Crippen LogP contribution in [0.5, 0.6) is 0 Å². The largest absolute Gasteiger partial charge is 0.382 e. The van der Waals surface area contributed by atoms with Crippen LogP contribution in [0.1, 0.15) is 30.0 Å². The van der Waals surface area contributed by atoms with E-state index in [9.17, 15) is 10.1 Å². The van der Waals surface area contributed by atoms with E-state index in [-0.39, 0.29) is 23.4 Å². The maximum absolute atomic E-state index is 13.7. The number of nitrogens with two attached hydrogens (primary N) is 1. The molecular formula is C24H22N6O. The van der Waals surface area contributed by atoms with Crippen molar-refractivity contribution in [2.75, 3.05) is 11.1 Å². The Morgan fingerprint density at radius 1 is 1.13 bits per heavy atom. The van der Waals surface area contributed by atoms with E-state index in [4.69, 9.17) is 5.73 Å². The van der Waals surface area contributed by atoms with Gasteiger partial charge in [0.05, 0.1) is 11.2 Å². The highest BCUT2D eigenvalue weighted by atomic mass is 16.1. The van der Waals surface area contributed by atoms with Gasteiger partial charge in [0.2, 0.25) is 0 Å². The number of anilines is 2. The van der Waals surface area contributed by atoms with Gasteiger partial charge in [-0.25, -0.2) is 9.97 Å². The Kier molecular flexibility index (Phi) is 5.63. The zero-order chi connectivity index (χ0) is 21.8. The smallest absolute Gasteiger partial charge is 0.195 e. The molecule has 7 nitrogen and oxygen atoms in total. The van der Waals surface area contributed by atoms with Gasteiger partial charge in [-0.2, -0.15) is 5.26 Å². The van der Waals surface area contributed by atoms with Gasteiger partial charge in [0.1, 0.15) is 29.6 Å². The molecule has 7 heteroatoms. The fraction of sp³-hybridized carbons (Fsp3) is 0.167. The van der Waals surface area contributed by atoms with Crippen LogP contribution in [0.25, 0.3) is 22.2 Å². The molecule has 0 atom stereocenters. The second kappa shape index (κ2) is 8.67. The van der Waals surface area contributed by atoms with Crippen LogP contribution in [0.4, 0.5) is 11.6 Å². The Bertz CT molecular complexity index is 1340. The van der Waals surface area contributed by atoms with Gasteiger partial charge in [0, 0.05) is 17.5 Å². The van der Waals surface area contributed by atoms with Crippen LogP contribution in [-0.2, 0) is 13.0 Å². The lowest BCUT2D eigenvalue weighted by atomic mass is 9.98. The summed E-state index contributed by atoms with van der Waals surface area (Å²) in [5.41, 5.74) is 9.96. The van der Waals surface area contributed by atoms with E-state index in [2.05, 4.69) is 27.2 Å². The minimum atomic E-state index is -0.0373. The Hall–Kier alpha value is -4.18. The van der Waals surface area contributed by atoms with Crippen molar-refractivity contribution >= 4 is 22.5 Å². The summed E-state index contributed by atoms with van der Waals surface area (Å²) in [6.45, 7) is 2.28. The maximum Gasteiger partial charge on any atom is 0.195 e. The van der Waals surface area contributed by atoms with Crippen LogP contribution >= 0.6 is 0 Å². The highest BCUT2D eigenvalue weighted by molar-refractivity contribution is 5.86. The van der Waals surface area contributed by atoms with Gasteiger partial charge in [0.15, 0.2) is 5.43 Å². The molecule has 2 heterocycles. The van der Waals surface area contributed by atoms with Crippen LogP contribution in [0.2, 0.25) is 0 Å². The summed E-state index contributed by atoms with van der Waals surface area (Å²) >= 11 is 0. The third kappa shape index (κ3) is 3.83. The number of hydrogen-bond donors (Lipinski definition) is 3. The maximum atomic E-state index is 13.7. The summed E-state index contributed by atoms with van der Waals surface area (Å²) in [6.07, 6.45) is 3.05. The first-order valence-corrected chi connectivity index (χ1v) is 10.1. The van der Waals surface area contributed by atoms with Crippen molar-refractivity contribution in [2.24, 2.45) is 0 Å². The number of benzene rings is 2. The SMILES string of the molecule is CCCc1cccc2[nH]c(-c3ccccc3)c(CNc3ncnc(N)c3C#N)c(=O)c12. The lowest BCUT2D eigenvalue weighted by Gasteiger charge is -2.15. The molecular weight excluding hydrogens is 388 g/mol. The van der Waals surface area contributed by atoms with Crippen LogP contribution in [-0.4, -0.2) is 15.0 Å². The molecule has 2 aromatic carbocycles. The van der Waals surface area contributed by atoms with Gasteiger partial charge in [-0.05, 0) is 23.6 Å². The summed E-state index contributed by atoms with van der Waals surface area (Å²) in [5.74, 6) is 0.399. The molecule has 0 bridgehead atoms. The van der Waals surface area contributed by atoms with Crippen molar-refractivity contribution in [1.29, 1.82) is 5.26 Å². The number of aromatic amines is 1. The normalized spacial score (nSPS) is 10.7. The molecule has 0 aliphatic carbocycles. The third-order valence-corrected chi connectivity index (χ3v) is 5.22. The minimum absolute atomic E-state index is 0.0373. The molecule has 0 spiro atoms. The molecule has 4 rings (SSSR count). The zero-order valence-corrected chi connectivity index (χ0v) is 17.1. The van der Waals surface area contributed by atoms with E-state index in [1.807, 2.05) is 54.6 Å². The van der Waals surface area contributed by atoms with Gasteiger partial charge in [0.25, 0.3) is 0 Å². The van der Waals surface area contributed by atoms with E-state index in [0.717, 1.165) is 35.2 Å². The monoisotopic (exact) mass is 410 g/mol. The molecule has 0 saturated carbocycles. The van der Waals surface area contributed by atoms with Crippen LogP contribution in [0.15, 0.2) is 59.7 Å². The Morgan fingerprint density at radius 2 is 1.94 bits per heavy atom. The number of fused-ring (bicyclic) bond motifs is 1. The fourth-order valence-corrected chi connectivity index (χ4v) is 3.76. The Labute approximate surface area is 179 Å². The fourth-order valence-electron chi connectivity index (χ4n) is 3.76. The number of nitriles is 1. The van der Waals surface area contributed by atoms with Crippen LogP contribution in [0, 0.1) is 11.3 Å². The predicted octanol–water partition coefficient (Wildman–Crippen LogP) is 4.00. The lowest BCUT2D eigenvalue weighted by molar-refractivity contribution is 0.927. The van der Waals surface area contributed by atoms with Crippen molar-refractivity contribution in [1.82, 2.24) is 15.0 Å². The highest BCUT2D eigenvalue weighted by Gasteiger charge is 2.17. The van der Waals surface area contributed by atoms with E-state index in [1.165, 1.54) is 6.33 Å². The van der Waals surface area contributed by atoms with E-state index >= 15 is 0 Å². The van der Waals surface area contributed by atoms with Crippen LogP contribution < -0.4 is 16.5 Å². The quantitative estimate of drug-likeness (QED) is 0.442. The second-order valence-electron chi connectivity index (χ2n) is 7.21. The first-order valence-electron chi connectivity index (χ1n) is 10.1. The van der Waals surface area contributed by atoms with E-state index < -0.39 is 0 Å². The van der Waals surface area contributed by atoms with Gasteiger partial charge in [-0.15, -0.1) is 0 Å². The van der Waals surface area contributed by atoms with Gasteiger partial charge in [-0.1, -0.05) is 55.8 Å². The van der Waals surface area contributed by atoms with Crippen molar-refractivity contribution < 1.29 is 0 Å². The first-order chi connectivity index (χ1) is 15.1. The van der Waals surface area contributed by atoms with Crippen molar-refractivity contribution in [3.63, 3.8) is 0 Å². The van der Waals surface area contributed by atoms with Crippen molar-refractivity contribution in [3.05, 3.63) is 81.8 Å². The summed E-state index contributed by atoms with van der Waals surface area (Å²) in [6, 6.07) is 17.6. The molecule has 154 valence electrons. The summed E-state index contributed by atoms with van der Waals surface area (Å²) in [4.78, 5) is 25.1. The van der Waals surface area contributed by atoms with Crippen molar-refractivity contribution in [3.8, 4) is 17.3 Å². The van der Waals surface area contributed by atoms with Gasteiger partial charge < -0.3 is 16.0 Å². The molecule has 0 radical (unpaired) electrons. The number of nitrogens with one attached hydrogen (secondary N) is 2. The molecule has 0 aliphatic rings. The third-order valence-electron chi connectivity index (χ3n) is 5.22. The summed E-state index contributed by atoms with van der Waals surface area (Å²) in [5, 5.41) is 13.2. The van der Waals surface area contributed by atoms with E-state index in [1.54, 1.807) is 0 Å². The number of aryl methyl sites for hydroxylation is 1. The first kappa shape index (κ1) is 20.1. The van der Waals surface area contributed by atoms with Crippen LogP contribution in [0.3, 0.4) is 0 Å². The molecule has 0 unspecified atom stereocenters. The molecule has 0 fully saturated rings. The zero-order valence-electron chi connectivity index (χ0n) is 17.1. The summed E-state index contributed by atoms with van der Waals surface area (Å²) < 4.78 is 0. The molecule has 0 amide bonds. The number of pyridine rings is 1. The molecule has 4 N–H and O–H groups in total. The van der Waals surface area contributed by atoms with Crippen molar-refractivity contribution in [2.45, 2.75) is 26.3 Å². The molecule has 0 aliphatic heterocycles. The van der Waals surface area contributed by atoms with E-state index in [0.29, 0.717) is 16.8 Å². The number of nitrogens with zero attached hydrogens (tertiary/aromatic N) is 3.